The van der Waals surface area contributed by atoms with E-state index in [1.807, 2.05) is 35.1 Å². The molecule has 4 rings (SSSR count). The number of benzene rings is 1. The summed E-state index contributed by atoms with van der Waals surface area (Å²) in [6, 6.07) is 7.64. The minimum absolute atomic E-state index is 0.586. The topological polar surface area (TPSA) is 103 Å². The second-order valence-electron chi connectivity index (χ2n) is 6.22. The van der Waals surface area contributed by atoms with Crippen LogP contribution in [0.1, 0.15) is 6.42 Å². The van der Waals surface area contributed by atoms with E-state index in [0.29, 0.717) is 18.2 Å². The van der Waals surface area contributed by atoms with E-state index in [4.69, 9.17) is 14.5 Å². The van der Waals surface area contributed by atoms with Crippen LogP contribution in [-0.2, 0) is 11.3 Å². The van der Waals surface area contributed by atoms with Gasteiger partial charge in [0, 0.05) is 32.0 Å². The van der Waals surface area contributed by atoms with Gasteiger partial charge in [0.15, 0.2) is 11.6 Å². The molecule has 0 unspecified atom stereocenters. The number of fused-ring (bicyclic) bond motifs is 1. The molecule has 0 spiro atoms. The number of anilines is 2. The number of ether oxygens (including phenoxy) is 2. The first-order chi connectivity index (χ1) is 13.8. The Kier molecular flexibility index (Phi) is 5.16. The Bertz CT molecular complexity index is 1070. The summed E-state index contributed by atoms with van der Waals surface area (Å²) in [5.74, 6) is 1.97. The fourth-order valence-corrected chi connectivity index (χ4v) is 2.88. The van der Waals surface area contributed by atoms with E-state index in [1.165, 1.54) is 0 Å². The molecule has 0 radical (unpaired) electrons. The van der Waals surface area contributed by atoms with Crippen LogP contribution in [0.2, 0.25) is 0 Å². The molecular weight excluding hydrogens is 358 g/mol. The van der Waals surface area contributed by atoms with Crippen LogP contribution in [0.25, 0.3) is 22.4 Å². The Labute approximate surface area is 161 Å². The van der Waals surface area contributed by atoms with E-state index in [1.54, 1.807) is 26.6 Å². The maximum Gasteiger partial charge on any atom is 0.162 e. The third-order valence-electron chi connectivity index (χ3n) is 4.26. The smallest absolute Gasteiger partial charge is 0.162 e. The molecule has 0 atom stereocenters. The van der Waals surface area contributed by atoms with Crippen molar-refractivity contribution in [3.63, 3.8) is 0 Å². The van der Waals surface area contributed by atoms with Crippen molar-refractivity contribution < 1.29 is 9.47 Å². The molecule has 0 bridgehead atoms. The van der Waals surface area contributed by atoms with Crippen molar-refractivity contribution in [2.75, 3.05) is 26.1 Å². The number of methoxy groups -OCH3 is 2. The summed E-state index contributed by atoms with van der Waals surface area (Å²) in [6.45, 7) is 1.49. The Hall–Kier alpha value is -3.46. The van der Waals surface area contributed by atoms with Crippen molar-refractivity contribution >= 4 is 22.5 Å². The summed E-state index contributed by atoms with van der Waals surface area (Å²) in [5, 5.41) is 14.7. The maximum absolute atomic E-state index is 5.31. The van der Waals surface area contributed by atoms with Gasteiger partial charge in [-0.1, -0.05) is 12.1 Å². The van der Waals surface area contributed by atoms with Crippen LogP contribution >= 0.6 is 0 Å². The number of hydrogen-bond acceptors (Lipinski definition) is 7. The molecule has 4 aromatic rings. The average Bonchev–Trinajstić information content (AvgIpc) is 3.37. The number of aryl methyl sites for hydroxylation is 1. The average molecular weight is 379 g/mol. The van der Waals surface area contributed by atoms with Crippen molar-refractivity contribution in [2.45, 2.75) is 13.0 Å². The number of nitrogens with zero attached hydrogens (tertiary/aromatic N) is 5. The van der Waals surface area contributed by atoms with Crippen molar-refractivity contribution in [1.29, 1.82) is 0 Å². The van der Waals surface area contributed by atoms with Crippen LogP contribution in [0.5, 0.6) is 5.75 Å². The predicted molar refractivity (Wildman–Crippen MR) is 106 cm³/mol. The van der Waals surface area contributed by atoms with Crippen LogP contribution in [0.4, 0.5) is 11.5 Å². The molecule has 28 heavy (non-hydrogen) atoms. The summed E-state index contributed by atoms with van der Waals surface area (Å²) in [7, 11) is 3.33. The normalized spacial score (nSPS) is 11.1. The van der Waals surface area contributed by atoms with E-state index in [0.717, 1.165) is 41.0 Å². The highest BCUT2D eigenvalue weighted by Crippen LogP contribution is 2.27. The van der Waals surface area contributed by atoms with Crippen LogP contribution in [0.3, 0.4) is 0 Å². The van der Waals surface area contributed by atoms with Gasteiger partial charge >= 0.3 is 0 Å². The van der Waals surface area contributed by atoms with E-state index >= 15 is 0 Å². The Morgan fingerprint density at radius 1 is 1.18 bits per heavy atom. The Morgan fingerprint density at radius 2 is 2.11 bits per heavy atom. The number of H-pyrrole nitrogens is 1. The minimum Gasteiger partial charge on any atom is -0.497 e. The largest absolute Gasteiger partial charge is 0.497 e. The van der Waals surface area contributed by atoms with Crippen LogP contribution in [-0.4, -0.2) is 50.8 Å². The van der Waals surface area contributed by atoms with Gasteiger partial charge in [0.05, 0.1) is 25.2 Å². The van der Waals surface area contributed by atoms with Gasteiger partial charge in [-0.05, 0) is 18.6 Å². The third kappa shape index (κ3) is 3.79. The first-order valence-corrected chi connectivity index (χ1v) is 8.91. The number of hydrogen-bond donors (Lipinski definition) is 2. The van der Waals surface area contributed by atoms with Gasteiger partial charge < -0.3 is 14.8 Å². The summed E-state index contributed by atoms with van der Waals surface area (Å²) in [6.07, 6.45) is 6.28. The molecule has 0 saturated carbocycles. The Morgan fingerprint density at radius 3 is 2.96 bits per heavy atom. The van der Waals surface area contributed by atoms with Crippen LogP contribution in [0, 0.1) is 0 Å². The van der Waals surface area contributed by atoms with E-state index in [-0.39, 0.29) is 0 Å². The fourth-order valence-electron chi connectivity index (χ4n) is 2.88. The molecule has 2 N–H and O–H groups in total. The van der Waals surface area contributed by atoms with Gasteiger partial charge in [0.1, 0.15) is 16.8 Å². The van der Waals surface area contributed by atoms with Gasteiger partial charge in [0.2, 0.25) is 0 Å². The standard InChI is InChI=1S/C19H21N7O2/c1-27-8-4-7-26-12-14(10-21-26)22-19-17-16(11-20-25-17)23-18(24-19)13-5-3-6-15(9-13)28-2/h3,5-6,9-12H,4,7-8H2,1-2H3,(H,20,25)(H,22,23,24). The second kappa shape index (κ2) is 8.05. The highest BCUT2D eigenvalue weighted by atomic mass is 16.5. The maximum atomic E-state index is 5.31. The SMILES string of the molecule is COCCCn1cc(Nc2nc(-c3cccc(OC)c3)nc3cn[nH]c23)cn1. The summed E-state index contributed by atoms with van der Waals surface area (Å²) in [4.78, 5) is 9.30. The lowest BCUT2D eigenvalue weighted by molar-refractivity contribution is 0.189. The van der Waals surface area contributed by atoms with Gasteiger partial charge in [-0.15, -0.1) is 0 Å². The van der Waals surface area contributed by atoms with Crippen molar-refractivity contribution in [3.05, 3.63) is 42.9 Å². The molecular formula is C19H21N7O2. The monoisotopic (exact) mass is 379 g/mol. The van der Waals surface area contributed by atoms with Gasteiger partial charge in [-0.2, -0.15) is 10.2 Å². The molecule has 0 aliphatic heterocycles. The zero-order valence-corrected chi connectivity index (χ0v) is 15.7. The van der Waals surface area contributed by atoms with E-state index in [9.17, 15) is 0 Å². The van der Waals surface area contributed by atoms with Crippen molar-refractivity contribution in [2.24, 2.45) is 0 Å². The molecule has 3 heterocycles. The summed E-state index contributed by atoms with van der Waals surface area (Å²) in [5.41, 5.74) is 3.16. The number of rotatable bonds is 8. The molecule has 3 aromatic heterocycles. The van der Waals surface area contributed by atoms with Gasteiger partial charge in [0.25, 0.3) is 0 Å². The number of aromatic amines is 1. The third-order valence-corrected chi connectivity index (χ3v) is 4.26. The minimum atomic E-state index is 0.586. The molecule has 0 fully saturated rings. The molecule has 9 nitrogen and oxygen atoms in total. The molecule has 0 amide bonds. The molecule has 9 heteroatoms. The second-order valence-corrected chi connectivity index (χ2v) is 6.22. The fraction of sp³-hybridized carbons (Fsp3) is 0.263. The van der Waals surface area contributed by atoms with Crippen molar-refractivity contribution in [1.82, 2.24) is 29.9 Å². The van der Waals surface area contributed by atoms with Crippen LogP contribution in [0.15, 0.2) is 42.9 Å². The first-order valence-electron chi connectivity index (χ1n) is 8.91. The van der Waals surface area contributed by atoms with E-state index in [2.05, 4.69) is 25.6 Å². The molecule has 0 aliphatic rings. The lowest BCUT2D eigenvalue weighted by Crippen LogP contribution is -2.01. The Balaban J connectivity index is 1.64. The van der Waals surface area contributed by atoms with Gasteiger partial charge in [-0.25, -0.2) is 9.97 Å². The highest BCUT2D eigenvalue weighted by Gasteiger charge is 2.13. The molecule has 1 aromatic carbocycles. The quantitative estimate of drug-likeness (QED) is 0.454. The van der Waals surface area contributed by atoms with Gasteiger partial charge in [-0.3, -0.25) is 9.78 Å². The summed E-state index contributed by atoms with van der Waals surface area (Å²) >= 11 is 0. The predicted octanol–water partition coefficient (Wildman–Crippen LogP) is 3.01. The van der Waals surface area contributed by atoms with Crippen molar-refractivity contribution in [3.8, 4) is 17.1 Å². The lowest BCUT2D eigenvalue weighted by Gasteiger charge is -2.08. The molecule has 0 aliphatic carbocycles. The zero-order valence-electron chi connectivity index (χ0n) is 15.7. The van der Waals surface area contributed by atoms with Crippen LogP contribution < -0.4 is 10.1 Å². The summed E-state index contributed by atoms with van der Waals surface area (Å²) < 4.78 is 12.3. The molecule has 144 valence electrons. The lowest BCUT2D eigenvalue weighted by atomic mass is 10.2. The first kappa shape index (κ1) is 17.9. The zero-order chi connectivity index (χ0) is 19.3. The molecule has 0 saturated heterocycles. The number of nitrogens with one attached hydrogen (secondary N) is 2. The number of aromatic nitrogens is 6. The van der Waals surface area contributed by atoms with E-state index < -0.39 is 0 Å². The highest BCUT2D eigenvalue weighted by molar-refractivity contribution is 5.88.